The summed E-state index contributed by atoms with van der Waals surface area (Å²) in [7, 11) is 0. The van der Waals surface area contributed by atoms with Crippen molar-refractivity contribution >= 4 is 0 Å². The summed E-state index contributed by atoms with van der Waals surface area (Å²) in [6.45, 7) is 1.34. The Morgan fingerprint density at radius 2 is 1.73 bits per heavy atom. The zero-order chi connectivity index (χ0) is 10.1. The SMILES string of the molecule is C1CCC(NCC2CC3CCC2C3)CC1. The summed E-state index contributed by atoms with van der Waals surface area (Å²) in [5, 5.41) is 3.85. The lowest BCUT2D eigenvalue weighted by Gasteiger charge is -2.27. The molecule has 0 aliphatic heterocycles. The van der Waals surface area contributed by atoms with Crippen LogP contribution in [0.1, 0.15) is 57.8 Å². The third-order valence-electron chi connectivity index (χ3n) is 5.16. The van der Waals surface area contributed by atoms with Crippen LogP contribution in [-0.2, 0) is 0 Å². The number of rotatable bonds is 3. The van der Waals surface area contributed by atoms with Gasteiger partial charge < -0.3 is 5.32 Å². The predicted molar refractivity (Wildman–Crippen MR) is 63.8 cm³/mol. The topological polar surface area (TPSA) is 12.0 Å². The van der Waals surface area contributed by atoms with Crippen molar-refractivity contribution in [2.24, 2.45) is 17.8 Å². The number of fused-ring (bicyclic) bond motifs is 2. The van der Waals surface area contributed by atoms with Crippen molar-refractivity contribution in [3.8, 4) is 0 Å². The van der Waals surface area contributed by atoms with Gasteiger partial charge in [0, 0.05) is 6.04 Å². The van der Waals surface area contributed by atoms with Crippen molar-refractivity contribution in [3.63, 3.8) is 0 Å². The summed E-state index contributed by atoms with van der Waals surface area (Å²) < 4.78 is 0. The fourth-order valence-corrected chi connectivity index (χ4v) is 4.25. The molecule has 1 heteroatoms. The Morgan fingerprint density at radius 1 is 0.867 bits per heavy atom. The molecule has 0 heterocycles. The fraction of sp³-hybridized carbons (Fsp3) is 1.00. The summed E-state index contributed by atoms with van der Waals surface area (Å²) in [5.41, 5.74) is 0. The molecule has 0 aromatic rings. The van der Waals surface area contributed by atoms with Crippen molar-refractivity contribution in [1.29, 1.82) is 0 Å². The Labute approximate surface area is 94.0 Å². The Balaban J connectivity index is 1.42. The highest BCUT2D eigenvalue weighted by Gasteiger charge is 2.39. The van der Waals surface area contributed by atoms with Gasteiger partial charge in [0.2, 0.25) is 0 Å². The molecule has 0 spiro atoms. The normalized spacial score (nSPS) is 41.2. The molecular weight excluding hydrogens is 182 g/mol. The Morgan fingerprint density at radius 3 is 2.40 bits per heavy atom. The average molecular weight is 207 g/mol. The summed E-state index contributed by atoms with van der Waals surface area (Å²) in [6, 6.07) is 0.873. The Bertz CT molecular complexity index is 207. The second-order valence-corrected chi connectivity index (χ2v) is 6.18. The Hall–Kier alpha value is -0.0400. The smallest absolute Gasteiger partial charge is 0.00671 e. The molecule has 3 rings (SSSR count). The molecule has 86 valence electrons. The maximum absolute atomic E-state index is 3.85. The first-order valence-electron chi connectivity index (χ1n) is 7.15. The van der Waals surface area contributed by atoms with Crippen molar-refractivity contribution < 1.29 is 0 Å². The van der Waals surface area contributed by atoms with Crippen LogP contribution in [-0.4, -0.2) is 12.6 Å². The van der Waals surface area contributed by atoms with Crippen LogP contribution in [0.15, 0.2) is 0 Å². The first-order valence-corrected chi connectivity index (χ1v) is 7.15. The summed E-state index contributed by atoms with van der Waals surface area (Å²) in [4.78, 5) is 0. The summed E-state index contributed by atoms with van der Waals surface area (Å²) in [5.74, 6) is 3.27. The molecule has 1 N–H and O–H groups in total. The van der Waals surface area contributed by atoms with E-state index in [-0.39, 0.29) is 0 Å². The van der Waals surface area contributed by atoms with Crippen LogP contribution < -0.4 is 5.32 Å². The van der Waals surface area contributed by atoms with Crippen LogP contribution in [0.5, 0.6) is 0 Å². The Kier molecular flexibility index (Phi) is 3.01. The molecule has 2 bridgehead atoms. The molecule has 0 amide bonds. The molecule has 0 aromatic carbocycles. The van der Waals surface area contributed by atoms with Crippen LogP contribution in [0.4, 0.5) is 0 Å². The van der Waals surface area contributed by atoms with Gasteiger partial charge in [0.05, 0.1) is 0 Å². The average Bonchev–Trinajstić information content (AvgIpc) is 2.89. The minimum Gasteiger partial charge on any atom is -0.314 e. The van der Waals surface area contributed by atoms with E-state index in [1.165, 1.54) is 38.6 Å². The summed E-state index contributed by atoms with van der Waals surface area (Å²) in [6.07, 6.45) is 13.5. The maximum atomic E-state index is 3.85. The van der Waals surface area contributed by atoms with Gasteiger partial charge >= 0.3 is 0 Å². The highest BCUT2D eigenvalue weighted by atomic mass is 14.9. The molecule has 0 radical (unpaired) electrons. The van der Waals surface area contributed by atoms with E-state index in [1.807, 2.05) is 0 Å². The van der Waals surface area contributed by atoms with Gasteiger partial charge in [0.15, 0.2) is 0 Å². The van der Waals surface area contributed by atoms with E-state index >= 15 is 0 Å². The quantitative estimate of drug-likeness (QED) is 0.748. The lowest BCUT2D eigenvalue weighted by molar-refractivity contribution is 0.284. The highest BCUT2D eigenvalue weighted by Crippen LogP contribution is 2.48. The van der Waals surface area contributed by atoms with E-state index in [0.29, 0.717) is 0 Å². The van der Waals surface area contributed by atoms with E-state index in [2.05, 4.69) is 5.32 Å². The van der Waals surface area contributed by atoms with Gasteiger partial charge in [-0.2, -0.15) is 0 Å². The lowest BCUT2D eigenvalue weighted by Crippen LogP contribution is -2.36. The van der Waals surface area contributed by atoms with Crippen LogP contribution in [0.25, 0.3) is 0 Å². The zero-order valence-corrected chi connectivity index (χ0v) is 9.88. The van der Waals surface area contributed by atoms with Gasteiger partial charge in [0.1, 0.15) is 0 Å². The van der Waals surface area contributed by atoms with Gasteiger partial charge in [-0.25, -0.2) is 0 Å². The van der Waals surface area contributed by atoms with E-state index in [9.17, 15) is 0 Å². The first-order chi connectivity index (χ1) is 7.42. The standard InChI is InChI=1S/C14H25N/c1-2-4-14(5-3-1)15-10-13-9-11-6-7-12(13)8-11/h11-15H,1-10H2. The van der Waals surface area contributed by atoms with Crippen LogP contribution in [0, 0.1) is 17.8 Å². The molecule has 1 nitrogen and oxygen atoms in total. The third kappa shape index (κ3) is 2.22. The second kappa shape index (κ2) is 4.45. The fourth-order valence-electron chi connectivity index (χ4n) is 4.25. The molecule has 15 heavy (non-hydrogen) atoms. The molecule has 0 aromatic heterocycles. The second-order valence-electron chi connectivity index (χ2n) is 6.18. The van der Waals surface area contributed by atoms with Crippen LogP contribution >= 0.6 is 0 Å². The van der Waals surface area contributed by atoms with Crippen molar-refractivity contribution in [2.75, 3.05) is 6.54 Å². The maximum Gasteiger partial charge on any atom is 0.00671 e. The minimum absolute atomic E-state index is 0.873. The van der Waals surface area contributed by atoms with Gasteiger partial charge in [-0.3, -0.25) is 0 Å². The van der Waals surface area contributed by atoms with E-state index < -0.39 is 0 Å². The van der Waals surface area contributed by atoms with Gasteiger partial charge in [-0.15, -0.1) is 0 Å². The lowest BCUT2D eigenvalue weighted by atomic mass is 9.88. The molecular formula is C14H25N. The van der Waals surface area contributed by atoms with Gasteiger partial charge in [0.25, 0.3) is 0 Å². The first kappa shape index (κ1) is 10.1. The number of hydrogen-bond acceptors (Lipinski definition) is 1. The molecule has 0 saturated heterocycles. The van der Waals surface area contributed by atoms with Crippen LogP contribution in [0.2, 0.25) is 0 Å². The van der Waals surface area contributed by atoms with E-state index in [4.69, 9.17) is 0 Å². The third-order valence-corrected chi connectivity index (χ3v) is 5.16. The molecule has 3 aliphatic carbocycles. The molecule has 3 saturated carbocycles. The van der Waals surface area contributed by atoms with E-state index in [1.54, 1.807) is 25.7 Å². The molecule has 3 unspecified atom stereocenters. The number of hydrogen-bond donors (Lipinski definition) is 1. The van der Waals surface area contributed by atoms with Crippen molar-refractivity contribution in [1.82, 2.24) is 5.32 Å². The minimum atomic E-state index is 0.873. The molecule has 3 aliphatic rings. The van der Waals surface area contributed by atoms with Gasteiger partial charge in [-0.05, 0) is 56.4 Å². The van der Waals surface area contributed by atoms with Gasteiger partial charge in [-0.1, -0.05) is 25.7 Å². The molecule has 3 atom stereocenters. The molecule has 3 fully saturated rings. The largest absolute Gasteiger partial charge is 0.314 e. The van der Waals surface area contributed by atoms with Crippen molar-refractivity contribution in [3.05, 3.63) is 0 Å². The number of nitrogens with one attached hydrogen (secondary N) is 1. The van der Waals surface area contributed by atoms with Crippen molar-refractivity contribution in [2.45, 2.75) is 63.8 Å². The predicted octanol–water partition coefficient (Wildman–Crippen LogP) is 3.34. The zero-order valence-electron chi connectivity index (χ0n) is 9.88. The summed E-state index contributed by atoms with van der Waals surface area (Å²) >= 11 is 0. The monoisotopic (exact) mass is 207 g/mol. The van der Waals surface area contributed by atoms with Crippen LogP contribution in [0.3, 0.4) is 0 Å². The van der Waals surface area contributed by atoms with E-state index in [0.717, 1.165) is 23.8 Å². The highest BCUT2D eigenvalue weighted by molar-refractivity contribution is 4.91.